The number of aliphatic hydroxyl groups is 1. The fraction of sp³-hybridized carbons (Fsp3) is 1.00. The lowest BCUT2D eigenvalue weighted by molar-refractivity contribution is -0.230. The van der Waals surface area contributed by atoms with Crippen LogP contribution in [0.25, 0.3) is 0 Å². The van der Waals surface area contributed by atoms with Crippen LogP contribution in [-0.4, -0.2) is 16.6 Å². The van der Waals surface area contributed by atoms with E-state index in [0.29, 0.717) is 5.92 Å². The van der Waals surface area contributed by atoms with Gasteiger partial charge < -0.3 is 5.11 Å². The molecule has 0 unspecified atom stereocenters. The topological polar surface area (TPSA) is 20.2 Å². The average molecular weight is 178 g/mol. The number of halogens is 2. The highest BCUT2D eigenvalue weighted by atomic mass is 19.3. The van der Waals surface area contributed by atoms with Crippen LogP contribution in [-0.2, 0) is 0 Å². The summed E-state index contributed by atoms with van der Waals surface area (Å²) in [6.45, 7) is 4.79. The van der Waals surface area contributed by atoms with Crippen molar-refractivity contribution in [3.05, 3.63) is 0 Å². The van der Waals surface area contributed by atoms with E-state index in [4.69, 9.17) is 0 Å². The van der Waals surface area contributed by atoms with E-state index >= 15 is 0 Å². The molecule has 0 atom stereocenters. The van der Waals surface area contributed by atoms with Gasteiger partial charge in [-0.05, 0) is 24.7 Å². The Morgan fingerprint density at radius 2 is 1.83 bits per heavy atom. The van der Waals surface area contributed by atoms with E-state index in [2.05, 4.69) is 0 Å². The van der Waals surface area contributed by atoms with E-state index in [1.54, 1.807) is 0 Å². The molecule has 0 bridgehead atoms. The summed E-state index contributed by atoms with van der Waals surface area (Å²) in [5.74, 6) is -2.29. The van der Waals surface area contributed by atoms with Gasteiger partial charge >= 0.3 is 0 Å². The molecule has 1 N–H and O–H groups in total. The van der Waals surface area contributed by atoms with Crippen LogP contribution in [0.2, 0.25) is 0 Å². The molecule has 72 valence electrons. The maximum atomic E-state index is 12.7. The molecule has 1 nitrogen and oxygen atoms in total. The van der Waals surface area contributed by atoms with Crippen molar-refractivity contribution in [2.75, 3.05) is 0 Å². The average Bonchev–Trinajstić information content (AvgIpc) is 1.77. The van der Waals surface area contributed by atoms with E-state index in [1.807, 2.05) is 13.8 Å². The van der Waals surface area contributed by atoms with E-state index in [0.717, 1.165) is 6.92 Å². The van der Waals surface area contributed by atoms with Gasteiger partial charge in [0.2, 0.25) is 0 Å². The maximum absolute atomic E-state index is 12.7. The van der Waals surface area contributed by atoms with Crippen LogP contribution in [0.4, 0.5) is 8.78 Å². The van der Waals surface area contributed by atoms with Gasteiger partial charge in [-0.1, -0.05) is 13.8 Å². The van der Waals surface area contributed by atoms with E-state index in [9.17, 15) is 13.9 Å². The Kier molecular flexibility index (Phi) is 2.19. The summed E-state index contributed by atoms with van der Waals surface area (Å²) in [5.41, 5.74) is -1.72. The molecule has 3 heteroatoms. The fourth-order valence-corrected chi connectivity index (χ4v) is 1.64. The van der Waals surface area contributed by atoms with Gasteiger partial charge in [-0.25, -0.2) is 8.78 Å². The normalized spacial score (nSPS) is 36.8. The lowest BCUT2D eigenvalue weighted by atomic mass is 9.64. The van der Waals surface area contributed by atoms with Gasteiger partial charge in [0, 0.05) is 6.92 Å². The van der Waals surface area contributed by atoms with Crippen LogP contribution >= 0.6 is 0 Å². The summed E-state index contributed by atoms with van der Waals surface area (Å²) in [7, 11) is 0. The smallest absolute Gasteiger partial charge is 0.273 e. The molecule has 0 radical (unpaired) electrons. The number of hydrogen-bond donors (Lipinski definition) is 1. The standard InChI is InChI=1S/C9H16F2O/c1-6(2)7-4-9(12,5-7)8(3,10)11/h6-7,12H,4-5H2,1-3H3. The molecule has 0 heterocycles. The molecule has 1 aliphatic rings. The fourth-order valence-electron chi connectivity index (χ4n) is 1.64. The Morgan fingerprint density at radius 1 is 1.42 bits per heavy atom. The van der Waals surface area contributed by atoms with Crippen molar-refractivity contribution in [3.8, 4) is 0 Å². The molecular formula is C9H16F2O. The monoisotopic (exact) mass is 178 g/mol. The van der Waals surface area contributed by atoms with Crippen LogP contribution in [0.15, 0.2) is 0 Å². The SMILES string of the molecule is CC(C)C1CC(O)(C(C)(F)F)C1. The Morgan fingerprint density at radius 3 is 2.08 bits per heavy atom. The molecular weight excluding hydrogens is 162 g/mol. The van der Waals surface area contributed by atoms with Crippen LogP contribution in [0, 0.1) is 11.8 Å². The van der Waals surface area contributed by atoms with Crippen LogP contribution in [0.3, 0.4) is 0 Å². The second-order valence-corrected chi connectivity index (χ2v) is 4.33. The summed E-state index contributed by atoms with van der Waals surface area (Å²) in [5, 5.41) is 9.42. The molecule has 0 aromatic carbocycles. The zero-order valence-electron chi connectivity index (χ0n) is 7.77. The zero-order valence-corrected chi connectivity index (χ0v) is 7.77. The van der Waals surface area contributed by atoms with Crippen LogP contribution in [0.1, 0.15) is 33.6 Å². The predicted octanol–water partition coefficient (Wildman–Crippen LogP) is 2.44. The highest BCUT2D eigenvalue weighted by Gasteiger charge is 2.57. The first kappa shape index (κ1) is 9.90. The van der Waals surface area contributed by atoms with Crippen molar-refractivity contribution in [2.45, 2.75) is 45.1 Å². The Labute approximate surface area is 71.8 Å². The van der Waals surface area contributed by atoms with Gasteiger partial charge in [0.25, 0.3) is 5.92 Å². The van der Waals surface area contributed by atoms with Crippen molar-refractivity contribution in [3.63, 3.8) is 0 Å². The van der Waals surface area contributed by atoms with Crippen molar-refractivity contribution in [1.29, 1.82) is 0 Å². The second-order valence-electron chi connectivity index (χ2n) is 4.33. The molecule has 0 spiro atoms. The largest absolute Gasteiger partial charge is 0.384 e. The molecule has 0 amide bonds. The zero-order chi connectivity index (χ0) is 9.57. The maximum Gasteiger partial charge on any atom is 0.273 e. The molecule has 0 aromatic heterocycles. The summed E-state index contributed by atoms with van der Waals surface area (Å²) < 4.78 is 25.5. The van der Waals surface area contributed by atoms with Crippen molar-refractivity contribution in [1.82, 2.24) is 0 Å². The molecule has 1 fully saturated rings. The Hall–Kier alpha value is -0.180. The Bertz CT molecular complexity index is 166. The van der Waals surface area contributed by atoms with Gasteiger partial charge in [-0.15, -0.1) is 0 Å². The first-order valence-corrected chi connectivity index (χ1v) is 4.36. The minimum absolute atomic E-state index is 0.244. The van der Waals surface area contributed by atoms with Gasteiger partial charge in [-0.2, -0.15) is 0 Å². The van der Waals surface area contributed by atoms with Crippen LogP contribution in [0.5, 0.6) is 0 Å². The molecule has 0 aliphatic heterocycles. The summed E-state index contributed by atoms with van der Waals surface area (Å²) in [4.78, 5) is 0. The van der Waals surface area contributed by atoms with E-state index in [1.165, 1.54) is 0 Å². The van der Waals surface area contributed by atoms with Crippen molar-refractivity contribution >= 4 is 0 Å². The predicted molar refractivity (Wildman–Crippen MR) is 43.1 cm³/mol. The highest BCUT2D eigenvalue weighted by Crippen LogP contribution is 2.49. The first-order chi connectivity index (χ1) is 5.26. The number of rotatable bonds is 2. The molecule has 0 saturated heterocycles. The summed E-state index contributed by atoms with van der Waals surface area (Å²) >= 11 is 0. The minimum Gasteiger partial charge on any atom is -0.384 e. The quantitative estimate of drug-likeness (QED) is 0.688. The number of hydrogen-bond acceptors (Lipinski definition) is 1. The molecule has 1 aliphatic carbocycles. The minimum atomic E-state index is -2.95. The van der Waals surface area contributed by atoms with Gasteiger partial charge in [0.1, 0.15) is 5.60 Å². The van der Waals surface area contributed by atoms with Crippen molar-refractivity contribution in [2.24, 2.45) is 11.8 Å². The van der Waals surface area contributed by atoms with Gasteiger partial charge in [0.15, 0.2) is 0 Å². The second kappa shape index (κ2) is 2.66. The molecule has 1 saturated carbocycles. The number of alkyl halides is 2. The van der Waals surface area contributed by atoms with E-state index < -0.39 is 11.5 Å². The van der Waals surface area contributed by atoms with E-state index in [-0.39, 0.29) is 18.8 Å². The molecule has 1 rings (SSSR count). The third-order valence-electron chi connectivity index (χ3n) is 2.96. The third kappa shape index (κ3) is 1.47. The highest BCUT2D eigenvalue weighted by molar-refractivity contribution is 5.02. The lowest BCUT2D eigenvalue weighted by Crippen LogP contribution is -2.56. The Balaban J connectivity index is 2.51. The lowest BCUT2D eigenvalue weighted by Gasteiger charge is -2.48. The molecule has 0 aromatic rings. The van der Waals surface area contributed by atoms with Crippen molar-refractivity contribution < 1.29 is 13.9 Å². The summed E-state index contributed by atoms with van der Waals surface area (Å²) in [6, 6.07) is 0. The molecule has 12 heavy (non-hydrogen) atoms. The summed E-state index contributed by atoms with van der Waals surface area (Å²) in [6.07, 6.45) is 0.488. The van der Waals surface area contributed by atoms with Gasteiger partial charge in [0.05, 0.1) is 0 Å². The van der Waals surface area contributed by atoms with Gasteiger partial charge in [-0.3, -0.25) is 0 Å². The van der Waals surface area contributed by atoms with Crippen LogP contribution < -0.4 is 0 Å². The third-order valence-corrected chi connectivity index (χ3v) is 2.96. The first-order valence-electron chi connectivity index (χ1n) is 4.36.